The maximum Gasteiger partial charge on any atom is 0.254 e. The van der Waals surface area contributed by atoms with Gasteiger partial charge >= 0.3 is 0 Å². The molecule has 112 valence electrons. The summed E-state index contributed by atoms with van der Waals surface area (Å²) in [5, 5.41) is 7.42. The standard InChI is InChI=1S/C16H16FN5/c1-10-6-15(22-16(21-10)19-9-20-22)18-8-11-2-5-13(12-3-4-12)14(17)7-11/h2,5-7,9,12,18H,3-4,8H2,1H3. The maximum atomic E-state index is 14.1. The maximum absolute atomic E-state index is 14.1. The Hall–Kier alpha value is -2.50. The summed E-state index contributed by atoms with van der Waals surface area (Å²) in [5.41, 5.74) is 2.62. The Morgan fingerprint density at radius 1 is 1.32 bits per heavy atom. The third kappa shape index (κ3) is 2.41. The molecule has 4 rings (SSSR count). The van der Waals surface area contributed by atoms with E-state index in [4.69, 9.17) is 0 Å². The number of nitrogens with zero attached hydrogens (tertiary/aromatic N) is 4. The van der Waals surface area contributed by atoms with Gasteiger partial charge in [0.25, 0.3) is 5.78 Å². The van der Waals surface area contributed by atoms with Gasteiger partial charge in [-0.1, -0.05) is 12.1 Å². The lowest BCUT2D eigenvalue weighted by Crippen LogP contribution is -2.07. The molecule has 0 spiro atoms. The van der Waals surface area contributed by atoms with Gasteiger partial charge in [0.15, 0.2) is 0 Å². The summed E-state index contributed by atoms with van der Waals surface area (Å²) in [6, 6.07) is 7.41. The van der Waals surface area contributed by atoms with Gasteiger partial charge < -0.3 is 5.32 Å². The van der Waals surface area contributed by atoms with Gasteiger partial charge in [0.1, 0.15) is 18.0 Å². The summed E-state index contributed by atoms with van der Waals surface area (Å²) in [7, 11) is 0. The number of hydrogen-bond donors (Lipinski definition) is 1. The Morgan fingerprint density at radius 2 is 2.18 bits per heavy atom. The van der Waals surface area contributed by atoms with Crippen LogP contribution in [0, 0.1) is 12.7 Å². The van der Waals surface area contributed by atoms with Crippen molar-refractivity contribution in [2.75, 3.05) is 5.32 Å². The van der Waals surface area contributed by atoms with Crippen molar-refractivity contribution in [2.24, 2.45) is 0 Å². The topological polar surface area (TPSA) is 55.1 Å². The van der Waals surface area contributed by atoms with E-state index >= 15 is 0 Å². The highest BCUT2D eigenvalue weighted by Gasteiger charge is 2.26. The van der Waals surface area contributed by atoms with E-state index < -0.39 is 0 Å². The zero-order chi connectivity index (χ0) is 15.1. The average Bonchev–Trinajstić information content (AvgIpc) is 3.22. The number of rotatable bonds is 4. The summed E-state index contributed by atoms with van der Waals surface area (Å²) in [4.78, 5) is 8.38. The molecular weight excluding hydrogens is 281 g/mol. The smallest absolute Gasteiger partial charge is 0.254 e. The molecule has 2 heterocycles. The molecule has 1 saturated carbocycles. The monoisotopic (exact) mass is 297 g/mol. The van der Waals surface area contributed by atoms with Crippen LogP contribution in [0.1, 0.15) is 35.6 Å². The van der Waals surface area contributed by atoms with Crippen LogP contribution in [0.15, 0.2) is 30.6 Å². The van der Waals surface area contributed by atoms with Gasteiger partial charge in [0.2, 0.25) is 0 Å². The molecule has 0 aliphatic heterocycles. The SMILES string of the molecule is Cc1cc(NCc2ccc(C3CC3)c(F)c2)n2ncnc2n1. The molecule has 0 saturated heterocycles. The van der Waals surface area contributed by atoms with E-state index in [9.17, 15) is 4.39 Å². The van der Waals surface area contributed by atoms with E-state index in [2.05, 4.69) is 20.4 Å². The minimum atomic E-state index is -0.0985. The number of aromatic nitrogens is 4. The molecule has 1 aliphatic carbocycles. The van der Waals surface area contributed by atoms with Crippen LogP contribution in [-0.2, 0) is 6.54 Å². The quantitative estimate of drug-likeness (QED) is 0.804. The molecular formula is C16H16FN5. The second-order valence-electron chi connectivity index (χ2n) is 5.74. The fraction of sp³-hybridized carbons (Fsp3) is 0.312. The van der Waals surface area contributed by atoms with Gasteiger partial charge in [-0.15, -0.1) is 0 Å². The predicted molar refractivity (Wildman–Crippen MR) is 81.2 cm³/mol. The van der Waals surface area contributed by atoms with Crippen molar-refractivity contribution in [3.8, 4) is 0 Å². The fourth-order valence-corrected chi connectivity index (χ4v) is 2.66. The van der Waals surface area contributed by atoms with Crippen LogP contribution < -0.4 is 5.32 Å². The van der Waals surface area contributed by atoms with Gasteiger partial charge in [-0.3, -0.25) is 0 Å². The molecule has 1 aliphatic rings. The molecule has 1 fully saturated rings. The third-order valence-corrected chi connectivity index (χ3v) is 3.94. The average molecular weight is 297 g/mol. The normalized spacial score (nSPS) is 14.5. The zero-order valence-corrected chi connectivity index (χ0v) is 12.3. The molecule has 0 amide bonds. The Morgan fingerprint density at radius 3 is 2.95 bits per heavy atom. The Labute approximate surface area is 127 Å². The van der Waals surface area contributed by atoms with Crippen molar-refractivity contribution in [1.82, 2.24) is 19.6 Å². The molecule has 0 unspecified atom stereocenters. The van der Waals surface area contributed by atoms with E-state index in [1.54, 1.807) is 10.6 Å². The number of halogens is 1. The number of nitrogens with one attached hydrogen (secondary N) is 1. The largest absolute Gasteiger partial charge is 0.366 e. The van der Waals surface area contributed by atoms with Gasteiger partial charge in [0.05, 0.1) is 0 Å². The Kier molecular flexibility index (Phi) is 3.03. The molecule has 5 nitrogen and oxygen atoms in total. The van der Waals surface area contributed by atoms with Gasteiger partial charge in [-0.05, 0) is 42.9 Å². The number of anilines is 1. The van der Waals surface area contributed by atoms with Crippen molar-refractivity contribution in [2.45, 2.75) is 32.2 Å². The number of hydrogen-bond acceptors (Lipinski definition) is 4. The van der Waals surface area contributed by atoms with Crippen LogP contribution in [-0.4, -0.2) is 19.6 Å². The van der Waals surface area contributed by atoms with E-state index in [0.717, 1.165) is 35.5 Å². The van der Waals surface area contributed by atoms with Crippen LogP contribution in [0.5, 0.6) is 0 Å². The number of aryl methyl sites for hydroxylation is 1. The zero-order valence-electron chi connectivity index (χ0n) is 12.3. The minimum absolute atomic E-state index is 0.0985. The van der Waals surface area contributed by atoms with Crippen LogP contribution in [0.4, 0.5) is 10.2 Å². The molecule has 0 bridgehead atoms. The molecule has 1 N–H and O–H groups in total. The first kappa shape index (κ1) is 13.2. The summed E-state index contributed by atoms with van der Waals surface area (Å²) < 4.78 is 15.7. The molecule has 2 aromatic heterocycles. The first-order valence-corrected chi connectivity index (χ1v) is 7.40. The first-order valence-electron chi connectivity index (χ1n) is 7.40. The van der Waals surface area contributed by atoms with Crippen molar-refractivity contribution in [1.29, 1.82) is 0 Å². The fourth-order valence-electron chi connectivity index (χ4n) is 2.66. The summed E-state index contributed by atoms with van der Waals surface area (Å²) in [5.74, 6) is 1.68. The highest BCUT2D eigenvalue weighted by molar-refractivity contribution is 5.45. The number of benzene rings is 1. The minimum Gasteiger partial charge on any atom is -0.366 e. The van der Waals surface area contributed by atoms with Gasteiger partial charge in [0, 0.05) is 18.3 Å². The highest BCUT2D eigenvalue weighted by Crippen LogP contribution is 2.41. The number of fused-ring (bicyclic) bond motifs is 1. The molecule has 1 aromatic carbocycles. The predicted octanol–water partition coefficient (Wildman–Crippen LogP) is 3.06. The van der Waals surface area contributed by atoms with Crippen LogP contribution in [0.25, 0.3) is 5.78 Å². The summed E-state index contributed by atoms with van der Waals surface area (Å²) >= 11 is 0. The molecule has 0 radical (unpaired) electrons. The lowest BCUT2D eigenvalue weighted by molar-refractivity contribution is 0.609. The van der Waals surface area contributed by atoms with Crippen molar-refractivity contribution < 1.29 is 4.39 Å². The first-order chi connectivity index (χ1) is 10.7. The molecule has 0 atom stereocenters. The lowest BCUT2D eigenvalue weighted by Gasteiger charge is -2.10. The molecule has 3 aromatic rings. The second-order valence-corrected chi connectivity index (χ2v) is 5.74. The molecule has 22 heavy (non-hydrogen) atoms. The van der Waals surface area contributed by atoms with E-state index in [1.165, 1.54) is 6.33 Å². The Bertz CT molecular complexity index is 838. The van der Waals surface area contributed by atoms with E-state index in [-0.39, 0.29) is 5.82 Å². The van der Waals surface area contributed by atoms with Crippen molar-refractivity contribution in [3.05, 3.63) is 53.2 Å². The third-order valence-electron chi connectivity index (χ3n) is 3.94. The van der Waals surface area contributed by atoms with Crippen LogP contribution in [0.2, 0.25) is 0 Å². The Balaban J connectivity index is 1.56. The van der Waals surface area contributed by atoms with Crippen molar-refractivity contribution in [3.63, 3.8) is 0 Å². The van der Waals surface area contributed by atoms with Crippen LogP contribution >= 0.6 is 0 Å². The molecule has 6 heteroatoms. The van der Waals surface area contributed by atoms with Crippen LogP contribution in [0.3, 0.4) is 0 Å². The van der Waals surface area contributed by atoms with E-state index in [0.29, 0.717) is 18.2 Å². The van der Waals surface area contributed by atoms with Crippen molar-refractivity contribution >= 4 is 11.6 Å². The lowest BCUT2D eigenvalue weighted by atomic mass is 10.1. The van der Waals surface area contributed by atoms with Gasteiger partial charge in [-0.25, -0.2) is 9.37 Å². The second kappa shape index (κ2) is 5.05. The van der Waals surface area contributed by atoms with E-state index in [1.807, 2.05) is 25.1 Å². The highest BCUT2D eigenvalue weighted by atomic mass is 19.1. The van der Waals surface area contributed by atoms with Gasteiger partial charge in [-0.2, -0.15) is 14.6 Å². The summed E-state index contributed by atoms with van der Waals surface area (Å²) in [6.07, 6.45) is 3.68. The summed E-state index contributed by atoms with van der Waals surface area (Å²) in [6.45, 7) is 2.43.